The monoisotopic (exact) mass is 236 g/mol. The van der Waals surface area contributed by atoms with E-state index in [1.54, 1.807) is 0 Å². The van der Waals surface area contributed by atoms with E-state index in [2.05, 4.69) is 0 Å². The fourth-order valence-corrected chi connectivity index (χ4v) is 0. The van der Waals surface area contributed by atoms with Crippen molar-refractivity contribution >= 4 is 120 Å². The van der Waals surface area contributed by atoms with Crippen LogP contribution in [0.15, 0.2) is 0 Å². The van der Waals surface area contributed by atoms with E-state index in [9.17, 15) is 0 Å². The molecule has 1 atom stereocenters. The fourth-order valence-electron chi connectivity index (χ4n) is 0. The van der Waals surface area contributed by atoms with Crippen LogP contribution < -0.4 is 0 Å². The molecular formula is H3BaCaMgP. The molecule has 4 heteroatoms. The van der Waals surface area contributed by atoms with Gasteiger partial charge in [0.05, 0.1) is 0 Å². The van der Waals surface area contributed by atoms with Crippen LogP contribution in [-0.4, -0.2) is 110 Å². The fraction of sp³-hybridized carbons (Fsp3) is 0. The summed E-state index contributed by atoms with van der Waals surface area (Å²) in [7, 11) is 0. The summed E-state index contributed by atoms with van der Waals surface area (Å²) in [5, 5.41) is 0. The smallest absolute Gasteiger partial charge is 0 e. The summed E-state index contributed by atoms with van der Waals surface area (Å²) in [4.78, 5) is 0. The van der Waals surface area contributed by atoms with Crippen LogP contribution >= 0.6 is 9.90 Å². The minimum atomic E-state index is 0. The number of hydrogen-bond acceptors (Lipinski definition) is 0. The molecule has 0 heterocycles. The third-order valence-electron chi connectivity index (χ3n) is 0. The summed E-state index contributed by atoms with van der Waals surface area (Å²) in [6.45, 7) is 0. The molecule has 4 heavy (non-hydrogen) atoms. The second-order valence-corrected chi connectivity index (χ2v) is 0. The van der Waals surface area contributed by atoms with Crippen LogP contribution in [0.5, 0.6) is 0 Å². The first kappa shape index (κ1) is 24.4. The molecule has 0 spiro atoms. The first-order chi connectivity index (χ1) is 0. The molecule has 0 nitrogen and oxygen atoms in total. The van der Waals surface area contributed by atoms with Crippen molar-refractivity contribution in [2.75, 3.05) is 0 Å². The third-order valence-corrected chi connectivity index (χ3v) is 0. The standard InChI is InChI=1S/Ba.Ca.Mg.H3P/h;;;1H3. The van der Waals surface area contributed by atoms with E-state index in [4.69, 9.17) is 0 Å². The van der Waals surface area contributed by atoms with Gasteiger partial charge in [-0.2, -0.15) is 9.90 Å². The summed E-state index contributed by atoms with van der Waals surface area (Å²) >= 11 is 0. The van der Waals surface area contributed by atoms with E-state index in [1.165, 1.54) is 0 Å². The van der Waals surface area contributed by atoms with E-state index in [1.807, 2.05) is 0 Å². The van der Waals surface area contributed by atoms with Gasteiger partial charge in [-0.3, -0.25) is 0 Å². The quantitative estimate of drug-likeness (QED) is 0.370. The van der Waals surface area contributed by atoms with Gasteiger partial charge >= 0.3 is 0 Å². The Morgan fingerprint density at radius 2 is 1.00 bits per heavy atom. The van der Waals surface area contributed by atoms with Gasteiger partial charge in [-0.15, -0.1) is 0 Å². The van der Waals surface area contributed by atoms with Crippen molar-refractivity contribution in [2.45, 2.75) is 0 Å². The largest absolute Gasteiger partial charge is 0.153 e. The van der Waals surface area contributed by atoms with Gasteiger partial charge in [0.2, 0.25) is 0 Å². The predicted octanol–water partition coefficient (Wildman–Crippen LogP) is -1.08. The Morgan fingerprint density at radius 3 is 1.00 bits per heavy atom. The van der Waals surface area contributed by atoms with Crippen molar-refractivity contribution in [1.82, 2.24) is 0 Å². The average molecular weight is 236 g/mol. The Labute approximate surface area is 116 Å². The first-order valence-electron chi connectivity index (χ1n) is 0. The zero-order valence-electron chi connectivity index (χ0n) is 2.83. The van der Waals surface area contributed by atoms with Crippen molar-refractivity contribution in [3.8, 4) is 0 Å². The van der Waals surface area contributed by atoms with E-state index >= 15 is 0 Å². The second kappa shape index (κ2) is 15.7. The molecule has 0 aliphatic heterocycles. The second-order valence-electron chi connectivity index (χ2n) is 0. The predicted molar refractivity (Wildman–Crippen MR) is 28.4 cm³/mol. The van der Waals surface area contributed by atoms with Crippen LogP contribution in [0.25, 0.3) is 0 Å². The van der Waals surface area contributed by atoms with Crippen molar-refractivity contribution in [3.63, 3.8) is 0 Å². The van der Waals surface area contributed by atoms with Crippen LogP contribution in [0.3, 0.4) is 0 Å². The van der Waals surface area contributed by atoms with Crippen molar-refractivity contribution < 1.29 is 0 Å². The van der Waals surface area contributed by atoms with Gasteiger partial charge in [-0.05, 0) is 0 Å². The summed E-state index contributed by atoms with van der Waals surface area (Å²) in [5.41, 5.74) is 0. The van der Waals surface area contributed by atoms with E-state index in [0.717, 1.165) is 0 Å². The molecule has 6 radical (unpaired) electrons. The summed E-state index contributed by atoms with van der Waals surface area (Å²) in [6, 6.07) is 0. The molecule has 0 aromatic rings. The van der Waals surface area contributed by atoms with E-state index in [0.29, 0.717) is 0 Å². The van der Waals surface area contributed by atoms with Gasteiger partial charge in [0.1, 0.15) is 0 Å². The molecule has 0 bridgehead atoms. The van der Waals surface area contributed by atoms with Gasteiger partial charge < -0.3 is 0 Å². The Bertz CT molecular complexity index is 8.00. The molecule has 1 unspecified atom stereocenters. The maximum Gasteiger partial charge on any atom is 0 e. The molecule has 0 amide bonds. The van der Waals surface area contributed by atoms with Crippen LogP contribution in [0, 0.1) is 0 Å². The molecule has 0 aromatic carbocycles. The Morgan fingerprint density at radius 1 is 1.00 bits per heavy atom. The molecule has 0 rings (SSSR count). The molecule has 0 saturated heterocycles. The minimum absolute atomic E-state index is 0. The van der Waals surface area contributed by atoms with Crippen LogP contribution in [-0.2, 0) is 0 Å². The van der Waals surface area contributed by atoms with E-state index < -0.39 is 0 Å². The molecule has 14 valence electrons. The molecule has 0 aliphatic rings. The van der Waals surface area contributed by atoms with Gasteiger partial charge in [0, 0.05) is 110 Å². The maximum atomic E-state index is 0. The molecular weight excluding hydrogens is 233 g/mol. The van der Waals surface area contributed by atoms with E-state index in [-0.39, 0.29) is 120 Å². The zero-order chi connectivity index (χ0) is 0. The number of hydrogen-bond donors (Lipinski definition) is 0. The Kier molecular flexibility index (Phi) is 96.2. The van der Waals surface area contributed by atoms with Gasteiger partial charge in [0.15, 0.2) is 0 Å². The summed E-state index contributed by atoms with van der Waals surface area (Å²) in [5.74, 6) is 0. The molecule has 0 saturated carbocycles. The topological polar surface area (TPSA) is 0 Å². The SMILES string of the molecule is P.[Ba].[Ca].[Mg]. The molecule has 0 aliphatic carbocycles. The van der Waals surface area contributed by atoms with Crippen molar-refractivity contribution in [3.05, 3.63) is 0 Å². The first-order valence-corrected chi connectivity index (χ1v) is 0. The Hall–Kier alpha value is 4.03. The summed E-state index contributed by atoms with van der Waals surface area (Å²) < 4.78 is 0. The molecule has 0 aromatic heterocycles. The minimum Gasteiger partial charge on any atom is -0.153 e. The third kappa shape index (κ3) is 9.39. The van der Waals surface area contributed by atoms with Crippen LogP contribution in [0.2, 0.25) is 0 Å². The van der Waals surface area contributed by atoms with Gasteiger partial charge in [-0.1, -0.05) is 0 Å². The van der Waals surface area contributed by atoms with Gasteiger partial charge in [-0.25, -0.2) is 0 Å². The van der Waals surface area contributed by atoms with Crippen molar-refractivity contribution in [2.24, 2.45) is 0 Å². The maximum absolute atomic E-state index is 0. The summed E-state index contributed by atoms with van der Waals surface area (Å²) in [6.07, 6.45) is 0. The zero-order valence-corrected chi connectivity index (χ0v) is 12.3. The normalized spacial score (nSPS) is 0. The van der Waals surface area contributed by atoms with Crippen LogP contribution in [0.1, 0.15) is 0 Å². The van der Waals surface area contributed by atoms with Crippen molar-refractivity contribution in [1.29, 1.82) is 0 Å². The number of rotatable bonds is 0. The Balaban J connectivity index is 0. The van der Waals surface area contributed by atoms with Gasteiger partial charge in [0.25, 0.3) is 0 Å². The molecule has 0 N–H and O–H groups in total. The van der Waals surface area contributed by atoms with Crippen LogP contribution in [0.4, 0.5) is 0 Å². The average Bonchev–Trinajstić information content (AvgIpc) is 0. The molecule has 0 fully saturated rings.